The molecule has 0 aliphatic heterocycles. The van der Waals surface area contributed by atoms with E-state index in [9.17, 15) is 21.6 Å². The summed E-state index contributed by atoms with van der Waals surface area (Å²) >= 11 is 0. The molecule has 0 saturated heterocycles. The van der Waals surface area contributed by atoms with Crippen molar-refractivity contribution in [3.63, 3.8) is 0 Å². The average molecular weight is 367 g/mol. The first-order chi connectivity index (χ1) is 11.7. The lowest BCUT2D eigenvalue weighted by atomic mass is 10.1. The summed E-state index contributed by atoms with van der Waals surface area (Å²) in [5.74, 6) is 0. The third kappa shape index (κ3) is 3.42. The highest BCUT2D eigenvalue weighted by atomic mass is 32.2. The Hall–Kier alpha value is -2.65. The molecule has 0 bridgehead atoms. The van der Waals surface area contributed by atoms with E-state index in [1.54, 1.807) is 30.3 Å². The van der Waals surface area contributed by atoms with E-state index in [1.165, 1.54) is 24.3 Å². The van der Waals surface area contributed by atoms with Crippen LogP contribution >= 0.6 is 0 Å². The number of nitrogens with two attached hydrogens (primary N) is 1. The van der Waals surface area contributed by atoms with Crippen molar-refractivity contribution in [3.05, 3.63) is 66.4 Å². The molecule has 0 unspecified atom stereocenters. The molecule has 3 aromatic rings. The Morgan fingerprint density at radius 2 is 1.56 bits per heavy atom. The number of aromatic nitrogens is 2. The summed E-state index contributed by atoms with van der Waals surface area (Å²) in [6.45, 7) is 0. The topological polar surface area (TPSA) is 78.0 Å². The molecule has 1 aromatic heterocycles. The van der Waals surface area contributed by atoms with Crippen molar-refractivity contribution in [2.75, 3.05) is 0 Å². The molecule has 25 heavy (non-hydrogen) atoms. The lowest BCUT2D eigenvalue weighted by Crippen LogP contribution is -2.14. The maximum atomic E-state index is 13.1. The van der Waals surface area contributed by atoms with Gasteiger partial charge in [-0.3, -0.25) is 0 Å². The van der Waals surface area contributed by atoms with Crippen LogP contribution < -0.4 is 5.14 Å². The van der Waals surface area contributed by atoms with Crippen LogP contribution in [-0.2, 0) is 16.2 Å². The SMILES string of the molecule is NS(=O)(=O)c1ccccc1-c1cc(C(F)(F)F)nn1-c1ccccc1. The van der Waals surface area contributed by atoms with Crippen LogP contribution in [0.5, 0.6) is 0 Å². The van der Waals surface area contributed by atoms with E-state index < -0.39 is 21.9 Å². The second kappa shape index (κ2) is 6.01. The van der Waals surface area contributed by atoms with Crippen molar-refractivity contribution in [1.29, 1.82) is 0 Å². The van der Waals surface area contributed by atoms with Crippen LogP contribution in [0.1, 0.15) is 5.69 Å². The van der Waals surface area contributed by atoms with Crippen molar-refractivity contribution in [3.8, 4) is 16.9 Å². The van der Waals surface area contributed by atoms with E-state index in [-0.39, 0.29) is 16.2 Å². The first-order valence-corrected chi connectivity index (χ1v) is 8.57. The number of primary sulfonamides is 1. The van der Waals surface area contributed by atoms with Crippen LogP contribution in [0, 0.1) is 0 Å². The first kappa shape index (κ1) is 17.2. The molecule has 3 rings (SSSR count). The zero-order valence-corrected chi connectivity index (χ0v) is 13.4. The van der Waals surface area contributed by atoms with Crippen LogP contribution in [0.4, 0.5) is 13.2 Å². The quantitative estimate of drug-likeness (QED) is 0.772. The Bertz CT molecular complexity index is 1010. The van der Waals surface area contributed by atoms with Gasteiger partial charge in [0.2, 0.25) is 10.0 Å². The number of hydrogen-bond acceptors (Lipinski definition) is 3. The van der Waals surface area contributed by atoms with E-state index in [4.69, 9.17) is 5.14 Å². The van der Waals surface area contributed by atoms with E-state index in [2.05, 4.69) is 5.10 Å². The second-order valence-electron chi connectivity index (χ2n) is 5.20. The Morgan fingerprint density at radius 1 is 0.960 bits per heavy atom. The zero-order valence-electron chi connectivity index (χ0n) is 12.6. The van der Waals surface area contributed by atoms with Gasteiger partial charge in [0.1, 0.15) is 0 Å². The Labute approximate surface area is 141 Å². The number of benzene rings is 2. The third-order valence-corrected chi connectivity index (χ3v) is 4.44. The highest BCUT2D eigenvalue weighted by molar-refractivity contribution is 7.89. The molecule has 0 aliphatic carbocycles. The molecule has 2 N–H and O–H groups in total. The minimum atomic E-state index is -4.68. The van der Waals surface area contributed by atoms with Gasteiger partial charge < -0.3 is 0 Å². The van der Waals surface area contributed by atoms with Gasteiger partial charge in [0.15, 0.2) is 5.69 Å². The highest BCUT2D eigenvalue weighted by Gasteiger charge is 2.35. The fourth-order valence-corrected chi connectivity index (χ4v) is 3.15. The molecule has 0 aliphatic rings. The molecule has 9 heteroatoms. The van der Waals surface area contributed by atoms with Gasteiger partial charge in [0.05, 0.1) is 16.3 Å². The molecule has 0 fully saturated rings. The van der Waals surface area contributed by atoms with Gasteiger partial charge in [-0.05, 0) is 24.3 Å². The summed E-state index contributed by atoms with van der Waals surface area (Å²) < 4.78 is 64.0. The number of para-hydroxylation sites is 1. The summed E-state index contributed by atoms with van der Waals surface area (Å²) in [5, 5.41) is 8.80. The van der Waals surface area contributed by atoms with Crippen molar-refractivity contribution >= 4 is 10.0 Å². The van der Waals surface area contributed by atoms with Crippen molar-refractivity contribution < 1.29 is 21.6 Å². The molecule has 130 valence electrons. The molecule has 1 heterocycles. The van der Waals surface area contributed by atoms with Crippen LogP contribution in [0.15, 0.2) is 65.6 Å². The monoisotopic (exact) mass is 367 g/mol. The first-order valence-electron chi connectivity index (χ1n) is 7.03. The summed E-state index contributed by atoms with van der Waals surface area (Å²) in [6.07, 6.45) is -4.68. The summed E-state index contributed by atoms with van der Waals surface area (Å²) in [4.78, 5) is -0.277. The minimum Gasteiger partial charge on any atom is -0.232 e. The largest absolute Gasteiger partial charge is 0.435 e. The van der Waals surface area contributed by atoms with Crippen molar-refractivity contribution in [2.24, 2.45) is 5.14 Å². The van der Waals surface area contributed by atoms with Gasteiger partial charge in [-0.25, -0.2) is 18.2 Å². The second-order valence-corrected chi connectivity index (χ2v) is 6.73. The molecule has 0 atom stereocenters. The van der Waals surface area contributed by atoms with Gasteiger partial charge in [0, 0.05) is 5.56 Å². The molecule has 2 aromatic carbocycles. The summed E-state index contributed by atoms with van der Waals surface area (Å²) in [6, 6.07) is 14.5. The van der Waals surface area contributed by atoms with Gasteiger partial charge >= 0.3 is 6.18 Å². The fourth-order valence-electron chi connectivity index (χ4n) is 2.40. The van der Waals surface area contributed by atoms with E-state index in [1.807, 2.05) is 0 Å². The van der Waals surface area contributed by atoms with Crippen LogP contribution in [0.3, 0.4) is 0 Å². The summed E-state index contributed by atoms with van der Waals surface area (Å²) in [5.41, 5.74) is -0.757. The maximum absolute atomic E-state index is 13.1. The zero-order chi connectivity index (χ0) is 18.2. The summed E-state index contributed by atoms with van der Waals surface area (Å²) in [7, 11) is -4.13. The maximum Gasteiger partial charge on any atom is 0.435 e. The minimum absolute atomic E-state index is 0.0249. The number of rotatable bonds is 3. The van der Waals surface area contributed by atoms with E-state index in [0.717, 1.165) is 10.7 Å². The van der Waals surface area contributed by atoms with E-state index in [0.29, 0.717) is 5.69 Å². The van der Waals surface area contributed by atoms with Gasteiger partial charge in [-0.2, -0.15) is 18.3 Å². The predicted octanol–water partition coefficient (Wildman–Crippen LogP) is 3.21. The van der Waals surface area contributed by atoms with Crippen molar-refractivity contribution in [2.45, 2.75) is 11.1 Å². The molecular formula is C16H12F3N3O2S. The molecular weight excluding hydrogens is 355 g/mol. The third-order valence-electron chi connectivity index (χ3n) is 3.47. The smallest absolute Gasteiger partial charge is 0.232 e. The molecule has 5 nitrogen and oxygen atoms in total. The highest BCUT2D eigenvalue weighted by Crippen LogP contribution is 2.35. The number of hydrogen-bond donors (Lipinski definition) is 1. The number of alkyl halides is 3. The Balaban J connectivity index is 2.32. The van der Waals surface area contributed by atoms with Gasteiger partial charge in [0.25, 0.3) is 0 Å². The van der Waals surface area contributed by atoms with Gasteiger partial charge in [-0.15, -0.1) is 0 Å². The van der Waals surface area contributed by atoms with Crippen LogP contribution in [0.2, 0.25) is 0 Å². The van der Waals surface area contributed by atoms with E-state index >= 15 is 0 Å². The van der Waals surface area contributed by atoms with Crippen LogP contribution in [0.25, 0.3) is 16.9 Å². The standard InChI is InChI=1S/C16H12F3N3O2S/c17-16(18,19)15-10-13(22(21-15)11-6-2-1-3-7-11)12-8-4-5-9-14(12)25(20,23)24/h1-10H,(H2,20,23,24). The average Bonchev–Trinajstić information content (AvgIpc) is 3.00. The molecule has 0 amide bonds. The molecule has 0 saturated carbocycles. The predicted molar refractivity (Wildman–Crippen MR) is 85.4 cm³/mol. The lowest BCUT2D eigenvalue weighted by Gasteiger charge is -2.10. The number of nitrogens with zero attached hydrogens (tertiary/aromatic N) is 2. The molecule has 0 spiro atoms. The van der Waals surface area contributed by atoms with Crippen molar-refractivity contribution in [1.82, 2.24) is 9.78 Å². The lowest BCUT2D eigenvalue weighted by molar-refractivity contribution is -0.141. The Kier molecular flexibility index (Phi) is 4.13. The fraction of sp³-hybridized carbons (Fsp3) is 0.0625. The molecule has 0 radical (unpaired) electrons. The number of halogens is 3. The normalized spacial score (nSPS) is 12.3. The van der Waals surface area contributed by atoms with Gasteiger partial charge in [-0.1, -0.05) is 36.4 Å². The Morgan fingerprint density at radius 3 is 2.16 bits per heavy atom. The van der Waals surface area contributed by atoms with Crippen LogP contribution in [-0.4, -0.2) is 18.2 Å². The number of sulfonamides is 1.